The predicted octanol–water partition coefficient (Wildman–Crippen LogP) is 3.45. The predicted molar refractivity (Wildman–Crippen MR) is 87.4 cm³/mol. The molecule has 2 aromatic carbocycles. The molecular weight excluding hydrogens is 367 g/mol. The first kappa shape index (κ1) is 18.0. The van der Waals surface area contributed by atoms with Crippen LogP contribution in [0.5, 0.6) is 0 Å². The van der Waals surface area contributed by atoms with E-state index < -0.39 is 22.6 Å². The molecule has 1 heterocycles. The molecule has 0 aliphatic carbocycles. The summed E-state index contributed by atoms with van der Waals surface area (Å²) in [6, 6.07) is 7.58. The van der Waals surface area contributed by atoms with E-state index in [-0.39, 0.29) is 22.6 Å². The van der Waals surface area contributed by atoms with Gasteiger partial charge in [-0.25, -0.2) is 9.67 Å². The van der Waals surface area contributed by atoms with Crippen LogP contribution in [0.1, 0.15) is 15.9 Å². The van der Waals surface area contributed by atoms with E-state index in [1.807, 2.05) is 0 Å². The number of rotatable bonds is 4. The second-order valence-corrected chi connectivity index (χ2v) is 5.33. The molecule has 0 radical (unpaired) electrons. The number of aromatic nitrogens is 3. The highest BCUT2D eigenvalue weighted by Gasteiger charge is 2.31. The molecule has 1 amide bonds. The van der Waals surface area contributed by atoms with E-state index in [4.69, 9.17) is 0 Å². The number of hydrogen-bond donors (Lipinski definition) is 1. The van der Waals surface area contributed by atoms with E-state index in [0.29, 0.717) is 0 Å². The van der Waals surface area contributed by atoms with Crippen molar-refractivity contribution in [3.63, 3.8) is 0 Å². The second kappa shape index (κ2) is 6.86. The Balaban J connectivity index is 2.00. The molecule has 0 saturated heterocycles. The zero-order chi connectivity index (χ0) is 19.6. The number of alkyl halides is 3. The summed E-state index contributed by atoms with van der Waals surface area (Å²) in [5.41, 5.74) is -1.39. The maximum absolute atomic E-state index is 13.0. The summed E-state index contributed by atoms with van der Waals surface area (Å²) < 4.78 is 40.2. The van der Waals surface area contributed by atoms with Gasteiger partial charge in [-0.3, -0.25) is 14.9 Å². The molecule has 138 valence electrons. The van der Waals surface area contributed by atoms with Gasteiger partial charge in [0.2, 0.25) is 0 Å². The van der Waals surface area contributed by atoms with Crippen molar-refractivity contribution < 1.29 is 22.9 Å². The van der Waals surface area contributed by atoms with Gasteiger partial charge in [-0.1, -0.05) is 6.07 Å². The standard InChI is InChI=1S/C16H10F3N5O3/c17-16(18,19)11-4-5-14(23-9-20-8-21-23)13(7-11)22-15(25)10-2-1-3-12(6-10)24(26)27/h1-9H,(H,22,25). The first-order chi connectivity index (χ1) is 12.8. The van der Waals surface area contributed by atoms with Crippen LogP contribution in [0.25, 0.3) is 5.69 Å². The molecule has 8 nitrogen and oxygen atoms in total. The molecule has 3 aromatic rings. The number of hydrogen-bond acceptors (Lipinski definition) is 5. The first-order valence-electron chi connectivity index (χ1n) is 7.38. The molecular formula is C16H10F3N5O3. The number of nitrogens with one attached hydrogen (secondary N) is 1. The summed E-state index contributed by atoms with van der Waals surface area (Å²) in [7, 11) is 0. The van der Waals surface area contributed by atoms with Crippen LogP contribution in [-0.2, 0) is 6.18 Å². The molecule has 1 aromatic heterocycles. The number of nitro benzene ring substituents is 1. The van der Waals surface area contributed by atoms with Crippen LogP contribution in [0.2, 0.25) is 0 Å². The topological polar surface area (TPSA) is 103 Å². The number of halogens is 3. The largest absolute Gasteiger partial charge is 0.416 e. The van der Waals surface area contributed by atoms with Crippen molar-refractivity contribution >= 4 is 17.3 Å². The fourth-order valence-electron chi connectivity index (χ4n) is 2.30. The third kappa shape index (κ3) is 3.92. The Hall–Kier alpha value is -3.76. The molecule has 0 saturated carbocycles. The van der Waals surface area contributed by atoms with Crippen molar-refractivity contribution in [1.82, 2.24) is 14.8 Å². The molecule has 0 fully saturated rings. The lowest BCUT2D eigenvalue weighted by Gasteiger charge is -2.14. The van der Waals surface area contributed by atoms with Gasteiger partial charge in [-0.2, -0.15) is 18.3 Å². The maximum Gasteiger partial charge on any atom is 0.416 e. The van der Waals surface area contributed by atoms with Crippen molar-refractivity contribution in [2.24, 2.45) is 0 Å². The van der Waals surface area contributed by atoms with Crippen LogP contribution >= 0.6 is 0 Å². The van der Waals surface area contributed by atoms with E-state index in [1.165, 1.54) is 35.5 Å². The van der Waals surface area contributed by atoms with Gasteiger partial charge in [-0.15, -0.1) is 0 Å². The molecule has 0 bridgehead atoms. The molecule has 1 N–H and O–H groups in total. The zero-order valence-electron chi connectivity index (χ0n) is 13.3. The molecule has 0 aliphatic rings. The molecule has 11 heteroatoms. The normalized spacial score (nSPS) is 11.2. The summed E-state index contributed by atoms with van der Waals surface area (Å²) in [4.78, 5) is 26.3. The third-order valence-corrected chi connectivity index (χ3v) is 3.56. The lowest BCUT2D eigenvalue weighted by Crippen LogP contribution is -2.16. The lowest BCUT2D eigenvalue weighted by atomic mass is 10.1. The average Bonchev–Trinajstić information content (AvgIpc) is 3.15. The van der Waals surface area contributed by atoms with Crippen LogP contribution in [0, 0.1) is 10.1 Å². The Kier molecular flexibility index (Phi) is 4.59. The fraction of sp³-hybridized carbons (Fsp3) is 0.0625. The van der Waals surface area contributed by atoms with Crippen LogP contribution in [0.3, 0.4) is 0 Å². The zero-order valence-corrected chi connectivity index (χ0v) is 13.3. The van der Waals surface area contributed by atoms with Crippen LogP contribution in [-0.4, -0.2) is 25.6 Å². The molecule has 0 spiro atoms. The minimum atomic E-state index is -4.62. The van der Waals surface area contributed by atoms with Crippen LogP contribution in [0.15, 0.2) is 55.1 Å². The highest BCUT2D eigenvalue weighted by atomic mass is 19.4. The van der Waals surface area contributed by atoms with Crippen LogP contribution in [0.4, 0.5) is 24.5 Å². The number of non-ortho nitro benzene ring substituents is 1. The summed E-state index contributed by atoms with van der Waals surface area (Å²) in [5.74, 6) is -0.806. The second-order valence-electron chi connectivity index (χ2n) is 5.33. The summed E-state index contributed by atoms with van der Waals surface area (Å²) >= 11 is 0. The number of amides is 1. The molecule has 0 atom stereocenters. The average molecular weight is 377 g/mol. The molecule has 0 unspecified atom stereocenters. The number of carbonyl (C=O) groups excluding carboxylic acids is 1. The monoisotopic (exact) mass is 377 g/mol. The van der Waals surface area contributed by atoms with Gasteiger partial charge in [0.25, 0.3) is 11.6 Å². The Morgan fingerprint density at radius 3 is 2.59 bits per heavy atom. The Bertz CT molecular complexity index is 1000. The number of nitro groups is 1. The van der Waals surface area contributed by atoms with E-state index in [1.54, 1.807) is 0 Å². The van der Waals surface area contributed by atoms with E-state index in [9.17, 15) is 28.1 Å². The smallest absolute Gasteiger partial charge is 0.320 e. The van der Waals surface area contributed by atoms with Gasteiger partial charge in [0.05, 0.1) is 21.9 Å². The Morgan fingerprint density at radius 1 is 1.19 bits per heavy atom. The van der Waals surface area contributed by atoms with Gasteiger partial charge >= 0.3 is 6.18 Å². The maximum atomic E-state index is 13.0. The van der Waals surface area contributed by atoms with Crippen molar-refractivity contribution in [3.8, 4) is 5.69 Å². The Morgan fingerprint density at radius 2 is 1.96 bits per heavy atom. The molecule has 3 rings (SSSR count). The van der Waals surface area contributed by atoms with Gasteiger partial charge in [0, 0.05) is 17.7 Å². The summed E-state index contributed by atoms with van der Waals surface area (Å²) in [6.07, 6.45) is -2.18. The third-order valence-electron chi connectivity index (χ3n) is 3.56. The minimum Gasteiger partial charge on any atom is -0.320 e. The SMILES string of the molecule is O=C(Nc1cc(C(F)(F)F)ccc1-n1cncn1)c1cccc([N+](=O)[O-])c1. The van der Waals surface area contributed by atoms with Gasteiger partial charge < -0.3 is 5.32 Å². The van der Waals surface area contributed by atoms with Crippen molar-refractivity contribution in [1.29, 1.82) is 0 Å². The van der Waals surface area contributed by atoms with Gasteiger partial charge in [-0.05, 0) is 24.3 Å². The highest BCUT2D eigenvalue weighted by Crippen LogP contribution is 2.33. The van der Waals surface area contributed by atoms with Gasteiger partial charge in [0.15, 0.2) is 0 Å². The van der Waals surface area contributed by atoms with E-state index in [0.717, 1.165) is 24.3 Å². The van der Waals surface area contributed by atoms with Crippen molar-refractivity contribution in [3.05, 3.63) is 76.4 Å². The van der Waals surface area contributed by atoms with E-state index in [2.05, 4.69) is 15.4 Å². The molecule has 27 heavy (non-hydrogen) atoms. The summed E-state index contributed by atoms with van der Waals surface area (Å²) in [6.45, 7) is 0. The lowest BCUT2D eigenvalue weighted by molar-refractivity contribution is -0.384. The summed E-state index contributed by atoms with van der Waals surface area (Å²) in [5, 5.41) is 17.0. The van der Waals surface area contributed by atoms with Crippen molar-refractivity contribution in [2.45, 2.75) is 6.18 Å². The van der Waals surface area contributed by atoms with Crippen LogP contribution < -0.4 is 5.32 Å². The number of carbonyl (C=O) groups is 1. The number of anilines is 1. The Labute approximate surface area is 149 Å². The fourth-order valence-corrected chi connectivity index (χ4v) is 2.30. The first-order valence-corrected chi connectivity index (χ1v) is 7.38. The van der Waals surface area contributed by atoms with Gasteiger partial charge in [0.1, 0.15) is 12.7 Å². The molecule has 0 aliphatic heterocycles. The number of benzene rings is 2. The minimum absolute atomic E-state index is 0.0776. The number of nitrogens with zero attached hydrogens (tertiary/aromatic N) is 4. The highest BCUT2D eigenvalue weighted by molar-refractivity contribution is 6.05. The van der Waals surface area contributed by atoms with Crippen molar-refractivity contribution in [2.75, 3.05) is 5.32 Å². The van der Waals surface area contributed by atoms with E-state index >= 15 is 0 Å². The quantitative estimate of drug-likeness (QED) is 0.554.